The zero-order valence-corrected chi connectivity index (χ0v) is 25.7. The topological polar surface area (TPSA) is 151 Å². The minimum absolute atomic E-state index is 0.0206. The van der Waals surface area contributed by atoms with Crippen LogP contribution < -0.4 is 19.5 Å². The van der Waals surface area contributed by atoms with E-state index in [0.717, 1.165) is 0 Å². The van der Waals surface area contributed by atoms with Gasteiger partial charge in [0.05, 0.1) is 38.4 Å². The van der Waals surface area contributed by atoms with Gasteiger partial charge in [0.15, 0.2) is 5.75 Å². The van der Waals surface area contributed by atoms with Gasteiger partial charge in [0.1, 0.15) is 33.6 Å². The Morgan fingerprint density at radius 2 is 1.71 bits per heavy atom. The van der Waals surface area contributed by atoms with Gasteiger partial charge in [-0.1, -0.05) is 30.7 Å². The van der Waals surface area contributed by atoms with Crippen LogP contribution in [0.3, 0.4) is 0 Å². The summed E-state index contributed by atoms with van der Waals surface area (Å²) in [5.41, 5.74) is -0.0937. The molecule has 3 atom stereocenters. The van der Waals surface area contributed by atoms with Gasteiger partial charge in [-0.3, -0.25) is 9.59 Å². The summed E-state index contributed by atoms with van der Waals surface area (Å²) in [7, 11) is 4.02. The average Bonchev–Trinajstić information content (AvgIpc) is 3.64. The van der Waals surface area contributed by atoms with Crippen molar-refractivity contribution in [1.82, 2.24) is 5.32 Å². The molecule has 0 saturated carbocycles. The van der Waals surface area contributed by atoms with Crippen LogP contribution in [0.5, 0.6) is 17.2 Å². The third-order valence-electron chi connectivity index (χ3n) is 8.58. The molecule has 0 saturated heterocycles. The smallest absolute Gasteiger partial charge is 0.336 e. The monoisotopic (exact) mass is 633 g/mol. The molecule has 1 spiro atoms. The number of Topliss-reactive ketones (excluding diaryl/α,β-unsaturated/α-hetero) is 2. The fourth-order valence-electron chi connectivity index (χ4n) is 6.38. The van der Waals surface area contributed by atoms with Gasteiger partial charge >= 0.3 is 11.9 Å². The number of methoxy groups -OCH3 is 3. The van der Waals surface area contributed by atoms with Gasteiger partial charge in [-0.15, -0.1) is 0 Å². The predicted molar refractivity (Wildman–Crippen MR) is 160 cm³/mol. The number of furan rings is 1. The van der Waals surface area contributed by atoms with Crippen molar-refractivity contribution in [3.63, 3.8) is 0 Å². The first kappa shape index (κ1) is 30.0. The summed E-state index contributed by atoms with van der Waals surface area (Å²) in [4.78, 5) is 53.7. The number of carbonyl (C=O) groups is 4. The molecule has 3 aliphatic rings. The Balaban J connectivity index is 1.49. The van der Waals surface area contributed by atoms with E-state index in [1.807, 2.05) is 0 Å². The average molecular weight is 634 g/mol. The lowest BCUT2D eigenvalue weighted by molar-refractivity contribution is -0.136. The van der Waals surface area contributed by atoms with Crippen LogP contribution >= 0.6 is 11.6 Å². The molecule has 3 aromatic rings. The van der Waals surface area contributed by atoms with Crippen LogP contribution in [0, 0.1) is 5.92 Å². The molecule has 1 aromatic heterocycles. The molecule has 232 valence electrons. The molecular formula is C33H28ClNO10. The molecule has 2 aliphatic heterocycles. The van der Waals surface area contributed by atoms with Crippen LogP contribution in [0.4, 0.5) is 0 Å². The second-order valence-electron chi connectivity index (χ2n) is 11.0. The number of hydrogen-bond donors (Lipinski definition) is 2. The molecule has 0 amide bonds. The van der Waals surface area contributed by atoms with E-state index in [9.17, 15) is 24.3 Å². The Morgan fingerprint density at radius 3 is 2.33 bits per heavy atom. The zero-order chi connectivity index (χ0) is 32.4. The molecule has 2 aromatic carbocycles. The Bertz CT molecular complexity index is 1870. The van der Waals surface area contributed by atoms with Crippen molar-refractivity contribution < 1.29 is 47.6 Å². The second kappa shape index (κ2) is 10.8. The number of dihydropyridines is 1. The third kappa shape index (κ3) is 4.33. The highest BCUT2D eigenvalue weighted by Gasteiger charge is 2.64. The number of esters is 1. The number of rotatable bonds is 6. The van der Waals surface area contributed by atoms with E-state index < -0.39 is 40.9 Å². The quantitative estimate of drug-likeness (QED) is 0.268. The number of aromatic carboxylic acids is 1. The first-order valence-electron chi connectivity index (χ1n) is 13.9. The summed E-state index contributed by atoms with van der Waals surface area (Å²) < 4.78 is 28.5. The van der Waals surface area contributed by atoms with E-state index in [2.05, 4.69) is 5.32 Å². The Hall–Kier alpha value is -5.03. The van der Waals surface area contributed by atoms with Crippen molar-refractivity contribution in [3.05, 3.63) is 86.9 Å². The highest BCUT2D eigenvalue weighted by atomic mass is 35.5. The number of halogens is 1. The second-order valence-corrected chi connectivity index (χ2v) is 11.3. The van der Waals surface area contributed by atoms with Crippen molar-refractivity contribution in [2.75, 3.05) is 21.3 Å². The highest BCUT2D eigenvalue weighted by Crippen LogP contribution is 2.56. The number of nitrogens with one attached hydrogen (secondary N) is 1. The van der Waals surface area contributed by atoms with E-state index in [-0.39, 0.29) is 56.7 Å². The minimum Gasteiger partial charge on any atom is -0.496 e. The largest absolute Gasteiger partial charge is 0.496 e. The molecular weight excluding hydrogens is 606 g/mol. The molecule has 1 aliphatic carbocycles. The summed E-state index contributed by atoms with van der Waals surface area (Å²) in [6.45, 7) is 3.43. The first-order chi connectivity index (χ1) is 21.5. The number of carboxylic acids is 1. The minimum atomic E-state index is -2.01. The molecule has 0 radical (unpaired) electrons. The van der Waals surface area contributed by atoms with Crippen molar-refractivity contribution in [3.8, 4) is 28.6 Å². The molecule has 0 fully saturated rings. The van der Waals surface area contributed by atoms with Gasteiger partial charge < -0.3 is 33.8 Å². The number of carboxylic acid groups (broad SMARTS) is 1. The van der Waals surface area contributed by atoms with Crippen LogP contribution in [-0.2, 0) is 14.3 Å². The molecule has 12 heteroatoms. The predicted octanol–water partition coefficient (Wildman–Crippen LogP) is 5.33. The van der Waals surface area contributed by atoms with Crippen LogP contribution in [-0.4, -0.2) is 55.5 Å². The van der Waals surface area contributed by atoms with Crippen molar-refractivity contribution in [1.29, 1.82) is 0 Å². The Morgan fingerprint density at radius 1 is 1.02 bits per heavy atom. The normalized spacial score (nSPS) is 22.1. The van der Waals surface area contributed by atoms with E-state index in [4.69, 9.17) is 35.0 Å². The molecule has 6 rings (SSSR count). The van der Waals surface area contributed by atoms with E-state index >= 15 is 0 Å². The molecule has 2 N–H and O–H groups in total. The lowest BCUT2D eigenvalue weighted by atomic mass is 9.66. The van der Waals surface area contributed by atoms with Gasteiger partial charge in [0.25, 0.3) is 0 Å². The number of hydrogen-bond acceptors (Lipinski definition) is 10. The fraction of sp³-hybridized carbons (Fsp3) is 0.273. The van der Waals surface area contributed by atoms with Gasteiger partial charge in [0, 0.05) is 34.5 Å². The van der Waals surface area contributed by atoms with Gasteiger partial charge in [-0.05, 0) is 37.6 Å². The fourth-order valence-corrected chi connectivity index (χ4v) is 6.64. The number of allylic oxidation sites excluding steroid dienone is 2. The number of ketones is 2. The molecule has 11 nitrogen and oxygen atoms in total. The molecule has 0 bridgehead atoms. The summed E-state index contributed by atoms with van der Waals surface area (Å²) >= 11 is 6.59. The molecule has 3 heterocycles. The number of benzene rings is 2. The van der Waals surface area contributed by atoms with Crippen LogP contribution in [0.1, 0.15) is 52.7 Å². The number of carbonyl (C=O) groups excluding carboxylic acids is 3. The molecule has 1 unspecified atom stereocenters. The standard InChI is InChI=1S/C33H28ClNO10/c1-14-12-18-24(29(36)33(14)30(37)26-21(41-3)13-22(42-4)27(34)28(26)45-33)25(23(15(2)35-18)32(40)43-5)20-11-10-19(44-20)16-6-8-17(9-7-16)31(38)39/h6-11,13-14,25,35H,12H2,1-5H3,(H,38,39)/t14-,25?,33+/m1/s1. The van der Waals surface area contributed by atoms with Crippen LogP contribution in [0.25, 0.3) is 11.3 Å². The SMILES string of the molecule is COC(=O)C1=C(C)NC2=C(C(=O)[C@@]3(Oc4c(Cl)c(OC)cc(OC)c4C3=O)[C@H](C)C2)C1c1ccc(-c2ccc(C(=O)O)cc2)o1. The lowest BCUT2D eigenvalue weighted by Crippen LogP contribution is -2.58. The highest BCUT2D eigenvalue weighted by molar-refractivity contribution is 6.36. The van der Waals surface area contributed by atoms with Gasteiger partial charge in [-0.2, -0.15) is 0 Å². The van der Waals surface area contributed by atoms with Gasteiger partial charge in [0.2, 0.25) is 17.2 Å². The van der Waals surface area contributed by atoms with Crippen molar-refractivity contribution in [2.45, 2.75) is 31.8 Å². The lowest BCUT2D eigenvalue weighted by Gasteiger charge is -2.42. The summed E-state index contributed by atoms with van der Waals surface area (Å²) in [5.74, 6) is -3.83. The van der Waals surface area contributed by atoms with Crippen molar-refractivity contribution in [2.24, 2.45) is 5.92 Å². The molecule has 45 heavy (non-hydrogen) atoms. The Labute approximate surface area is 262 Å². The first-order valence-corrected chi connectivity index (χ1v) is 14.3. The van der Waals surface area contributed by atoms with E-state index in [1.54, 1.807) is 38.1 Å². The van der Waals surface area contributed by atoms with E-state index in [1.165, 1.54) is 39.5 Å². The zero-order valence-electron chi connectivity index (χ0n) is 24.9. The summed E-state index contributed by atoms with van der Waals surface area (Å²) in [6.07, 6.45) is 0.213. The Kier molecular flexibility index (Phi) is 7.24. The van der Waals surface area contributed by atoms with Crippen LogP contribution in [0.2, 0.25) is 5.02 Å². The summed E-state index contributed by atoms with van der Waals surface area (Å²) in [5, 5.41) is 12.5. The summed E-state index contributed by atoms with van der Waals surface area (Å²) in [6, 6.07) is 10.8. The number of fused-ring (bicyclic) bond motifs is 1. The number of ether oxygens (including phenoxy) is 4. The van der Waals surface area contributed by atoms with E-state index in [0.29, 0.717) is 22.7 Å². The van der Waals surface area contributed by atoms with Gasteiger partial charge in [-0.25, -0.2) is 9.59 Å². The third-order valence-corrected chi connectivity index (χ3v) is 8.94. The maximum absolute atomic E-state index is 14.8. The maximum Gasteiger partial charge on any atom is 0.336 e. The van der Waals surface area contributed by atoms with Crippen LogP contribution in [0.15, 0.2) is 69.4 Å². The maximum atomic E-state index is 14.8. The van der Waals surface area contributed by atoms with Crippen molar-refractivity contribution >= 4 is 35.1 Å².